The molecule has 3 rings (SSSR count). The Balaban J connectivity index is 2.18. The van der Waals surface area contributed by atoms with Crippen molar-refractivity contribution in [3.63, 3.8) is 0 Å². The molecule has 3 heterocycles. The number of nitrogens with one attached hydrogen (secondary N) is 1. The lowest BCUT2D eigenvalue weighted by Gasteiger charge is -2.33. The first-order valence-electron chi connectivity index (χ1n) is 6.68. The molecule has 1 N–H and O–H groups in total. The second-order valence-electron chi connectivity index (χ2n) is 5.51. The quantitative estimate of drug-likeness (QED) is 0.876. The van der Waals surface area contributed by atoms with Gasteiger partial charge in [0.05, 0.1) is 16.1 Å². The number of pyridine rings is 1. The first-order valence-corrected chi connectivity index (χ1v) is 7.06. The van der Waals surface area contributed by atoms with Gasteiger partial charge in [0.15, 0.2) is 11.5 Å². The normalized spacial score (nSPS) is 23.7. The highest BCUT2D eigenvalue weighted by Gasteiger charge is 2.36. The van der Waals surface area contributed by atoms with E-state index in [2.05, 4.69) is 15.5 Å². The Bertz CT molecular complexity index is 674. The Morgan fingerprint density at radius 1 is 1.33 bits per heavy atom. The standard InChI is InChI=1S/C13H14ClF3N4/c1-12(4-2-3-5-18-12)11-20-19-10-9(14)6-8(7-21(10)11)13(15,16)17/h6-7,18H,2-5H2,1H3. The predicted molar refractivity (Wildman–Crippen MR) is 72.2 cm³/mol. The van der Waals surface area contributed by atoms with Gasteiger partial charge in [0.1, 0.15) is 0 Å². The molecule has 8 heteroatoms. The van der Waals surface area contributed by atoms with E-state index in [1.165, 1.54) is 4.40 Å². The van der Waals surface area contributed by atoms with E-state index in [0.29, 0.717) is 5.82 Å². The van der Waals surface area contributed by atoms with E-state index >= 15 is 0 Å². The summed E-state index contributed by atoms with van der Waals surface area (Å²) in [6.07, 6.45) is -0.619. The number of hydrogen-bond donors (Lipinski definition) is 1. The summed E-state index contributed by atoms with van der Waals surface area (Å²) in [4.78, 5) is 0. The van der Waals surface area contributed by atoms with Gasteiger partial charge in [0.25, 0.3) is 0 Å². The molecule has 0 saturated carbocycles. The fourth-order valence-electron chi connectivity index (χ4n) is 2.73. The lowest BCUT2D eigenvalue weighted by Crippen LogP contribution is -2.44. The van der Waals surface area contributed by atoms with Crippen molar-refractivity contribution in [1.82, 2.24) is 19.9 Å². The molecule has 1 fully saturated rings. The molecule has 1 aliphatic rings. The zero-order valence-electron chi connectivity index (χ0n) is 11.3. The highest BCUT2D eigenvalue weighted by molar-refractivity contribution is 6.33. The van der Waals surface area contributed by atoms with Crippen molar-refractivity contribution in [2.24, 2.45) is 0 Å². The van der Waals surface area contributed by atoms with Gasteiger partial charge < -0.3 is 5.32 Å². The van der Waals surface area contributed by atoms with Crippen LogP contribution in [0.25, 0.3) is 5.65 Å². The van der Waals surface area contributed by atoms with Crippen molar-refractivity contribution in [3.8, 4) is 0 Å². The smallest absolute Gasteiger partial charge is 0.305 e. The lowest BCUT2D eigenvalue weighted by molar-refractivity contribution is -0.137. The minimum atomic E-state index is -4.46. The van der Waals surface area contributed by atoms with Gasteiger partial charge in [0, 0.05) is 6.20 Å². The topological polar surface area (TPSA) is 42.2 Å². The van der Waals surface area contributed by atoms with E-state index in [-0.39, 0.29) is 10.7 Å². The van der Waals surface area contributed by atoms with Crippen LogP contribution in [0.2, 0.25) is 5.02 Å². The average Bonchev–Trinajstić information content (AvgIpc) is 2.83. The minimum absolute atomic E-state index is 0.0528. The first-order chi connectivity index (χ1) is 9.81. The largest absolute Gasteiger partial charge is 0.417 e. The molecule has 1 saturated heterocycles. The molecule has 1 atom stereocenters. The van der Waals surface area contributed by atoms with Crippen LogP contribution in [0.3, 0.4) is 0 Å². The molecular formula is C13H14ClF3N4. The summed E-state index contributed by atoms with van der Waals surface area (Å²) in [6, 6.07) is 0.881. The summed E-state index contributed by atoms with van der Waals surface area (Å²) in [5, 5.41) is 11.3. The molecule has 2 aromatic heterocycles. The highest BCUT2D eigenvalue weighted by Crippen LogP contribution is 2.34. The second-order valence-corrected chi connectivity index (χ2v) is 5.91. The number of hydrogen-bond acceptors (Lipinski definition) is 3. The van der Waals surface area contributed by atoms with Crippen LogP contribution >= 0.6 is 11.6 Å². The van der Waals surface area contributed by atoms with Gasteiger partial charge in [-0.25, -0.2) is 0 Å². The van der Waals surface area contributed by atoms with Crippen LogP contribution in [0.1, 0.15) is 37.6 Å². The Morgan fingerprint density at radius 3 is 2.71 bits per heavy atom. The van der Waals surface area contributed by atoms with Gasteiger partial charge in [-0.3, -0.25) is 4.40 Å². The number of nitrogens with zero attached hydrogens (tertiary/aromatic N) is 3. The summed E-state index contributed by atoms with van der Waals surface area (Å²) >= 11 is 5.92. The molecule has 4 nitrogen and oxygen atoms in total. The van der Waals surface area contributed by atoms with Crippen molar-refractivity contribution in [1.29, 1.82) is 0 Å². The van der Waals surface area contributed by atoms with Crippen molar-refractivity contribution >= 4 is 17.2 Å². The summed E-state index contributed by atoms with van der Waals surface area (Å²) in [7, 11) is 0. The van der Waals surface area contributed by atoms with Crippen LogP contribution in [0.15, 0.2) is 12.3 Å². The predicted octanol–water partition coefficient (Wildman–Crippen LogP) is 3.39. The van der Waals surface area contributed by atoms with Crippen LogP contribution in [0.5, 0.6) is 0 Å². The lowest BCUT2D eigenvalue weighted by atomic mass is 9.90. The molecule has 1 unspecified atom stereocenters. The third-order valence-electron chi connectivity index (χ3n) is 3.90. The summed E-state index contributed by atoms with van der Waals surface area (Å²) < 4.78 is 40.2. The molecule has 0 aliphatic carbocycles. The van der Waals surface area contributed by atoms with Gasteiger partial charge in [-0.05, 0) is 38.8 Å². The SMILES string of the molecule is CC1(c2nnc3c(Cl)cc(C(F)(F)F)cn23)CCCCN1. The van der Waals surface area contributed by atoms with E-state index in [9.17, 15) is 13.2 Å². The van der Waals surface area contributed by atoms with E-state index in [1.807, 2.05) is 6.92 Å². The zero-order chi connectivity index (χ0) is 15.3. The van der Waals surface area contributed by atoms with Crippen LogP contribution in [0, 0.1) is 0 Å². The van der Waals surface area contributed by atoms with E-state index < -0.39 is 17.3 Å². The molecule has 21 heavy (non-hydrogen) atoms. The van der Waals surface area contributed by atoms with Gasteiger partial charge in [-0.1, -0.05) is 11.6 Å². The summed E-state index contributed by atoms with van der Waals surface area (Å²) in [5.74, 6) is 0.463. The van der Waals surface area contributed by atoms with Gasteiger partial charge in [-0.15, -0.1) is 10.2 Å². The van der Waals surface area contributed by atoms with E-state index in [4.69, 9.17) is 11.6 Å². The third-order valence-corrected chi connectivity index (χ3v) is 4.18. The third kappa shape index (κ3) is 2.48. The number of fused-ring (bicyclic) bond motifs is 1. The van der Waals surface area contributed by atoms with Gasteiger partial charge in [0.2, 0.25) is 0 Å². The van der Waals surface area contributed by atoms with Crippen molar-refractivity contribution in [2.75, 3.05) is 6.54 Å². The van der Waals surface area contributed by atoms with Crippen molar-refractivity contribution < 1.29 is 13.2 Å². The highest BCUT2D eigenvalue weighted by atomic mass is 35.5. The Kier molecular flexibility index (Phi) is 3.37. The molecule has 1 aliphatic heterocycles. The Labute approximate surface area is 124 Å². The monoisotopic (exact) mass is 318 g/mol. The van der Waals surface area contributed by atoms with E-state index in [0.717, 1.165) is 38.1 Å². The molecule has 0 bridgehead atoms. The maximum absolute atomic E-state index is 12.9. The minimum Gasteiger partial charge on any atom is -0.305 e. The molecule has 0 aromatic carbocycles. The number of halogens is 4. The molecule has 0 radical (unpaired) electrons. The van der Waals surface area contributed by atoms with Crippen LogP contribution in [-0.4, -0.2) is 21.1 Å². The number of rotatable bonds is 1. The van der Waals surface area contributed by atoms with Gasteiger partial charge in [-0.2, -0.15) is 13.2 Å². The fraction of sp³-hybridized carbons (Fsp3) is 0.538. The molecule has 0 amide bonds. The van der Waals surface area contributed by atoms with Crippen LogP contribution in [0.4, 0.5) is 13.2 Å². The second kappa shape index (κ2) is 4.84. The van der Waals surface area contributed by atoms with Crippen LogP contribution < -0.4 is 5.32 Å². The molecule has 2 aromatic rings. The Hall–Kier alpha value is -1.34. The van der Waals surface area contributed by atoms with E-state index in [1.54, 1.807) is 0 Å². The van der Waals surface area contributed by atoms with Crippen molar-refractivity contribution in [3.05, 3.63) is 28.7 Å². The molecule has 0 spiro atoms. The maximum Gasteiger partial charge on any atom is 0.417 e. The Morgan fingerprint density at radius 2 is 2.10 bits per heavy atom. The van der Waals surface area contributed by atoms with Gasteiger partial charge >= 0.3 is 6.18 Å². The fourth-order valence-corrected chi connectivity index (χ4v) is 2.98. The maximum atomic E-state index is 12.9. The first kappa shape index (κ1) is 14.6. The number of piperidine rings is 1. The average molecular weight is 319 g/mol. The summed E-state index contributed by atoms with van der Waals surface area (Å²) in [6.45, 7) is 2.73. The number of alkyl halides is 3. The summed E-state index contributed by atoms with van der Waals surface area (Å²) in [5.41, 5.74) is -1.06. The molecule has 114 valence electrons. The van der Waals surface area contributed by atoms with Crippen molar-refractivity contribution in [2.45, 2.75) is 37.9 Å². The number of aromatic nitrogens is 3. The van der Waals surface area contributed by atoms with Crippen LogP contribution in [-0.2, 0) is 11.7 Å². The molecular weight excluding hydrogens is 305 g/mol. The zero-order valence-corrected chi connectivity index (χ0v) is 12.1.